The Kier molecular flexibility index (Phi) is 5.22. The lowest BCUT2D eigenvalue weighted by Gasteiger charge is -2.34. The van der Waals surface area contributed by atoms with Crippen molar-refractivity contribution in [3.05, 3.63) is 47.9 Å². The number of nitrogen functional groups attached to an aromatic ring is 1. The number of anilines is 1. The first-order valence-corrected chi connectivity index (χ1v) is 10.1. The molecule has 2 aromatic rings. The van der Waals surface area contributed by atoms with Gasteiger partial charge in [0.05, 0.1) is 6.10 Å². The number of pyridine rings is 1. The number of hydrogen-bond acceptors (Lipinski definition) is 3. The first kappa shape index (κ1) is 17.6. The van der Waals surface area contributed by atoms with Gasteiger partial charge in [0.15, 0.2) is 0 Å². The molecule has 1 unspecified atom stereocenters. The number of rotatable bonds is 4. The smallest absolute Gasteiger partial charge is 0.205 e. The van der Waals surface area contributed by atoms with Crippen molar-refractivity contribution in [3.63, 3.8) is 0 Å². The summed E-state index contributed by atoms with van der Waals surface area (Å²) >= 11 is 0. The molecule has 0 amide bonds. The van der Waals surface area contributed by atoms with Crippen molar-refractivity contribution in [3.8, 4) is 11.1 Å². The molecule has 1 heterocycles. The third-order valence-electron chi connectivity index (χ3n) is 3.55. The molecule has 0 saturated heterocycles. The zero-order valence-electron chi connectivity index (χ0n) is 14.4. The molecule has 0 fully saturated rings. The molecular weight excluding hydrogens is 307 g/mol. The van der Waals surface area contributed by atoms with Gasteiger partial charge < -0.3 is 10.2 Å². The van der Waals surface area contributed by atoms with Gasteiger partial charge >= 0.3 is 0 Å². The van der Waals surface area contributed by atoms with Crippen molar-refractivity contribution >= 4 is 14.9 Å². The van der Waals surface area contributed by atoms with Gasteiger partial charge in [0.25, 0.3) is 0 Å². The molecule has 0 aliphatic carbocycles. The Morgan fingerprint density at radius 3 is 2.39 bits per heavy atom. The number of aromatic nitrogens is 1. The van der Waals surface area contributed by atoms with Crippen molar-refractivity contribution in [2.24, 2.45) is 5.41 Å². The predicted octanol–water partition coefficient (Wildman–Crippen LogP) is 4.82. The minimum atomic E-state index is -0.986. The SMILES string of the molecule is C[Si](C)OC(c1c(F)cccc1-c1ccc(N)nc1)C(C)(C)C. The van der Waals surface area contributed by atoms with E-state index in [4.69, 9.17) is 10.2 Å². The average Bonchev–Trinajstić information content (AvgIpc) is 2.44. The average molecular weight is 331 g/mol. The minimum Gasteiger partial charge on any atom is -0.410 e. The fourth-order valence-corrected chi connectivity index (χ4v) is 3.47. The maximum absolute atomic E-state index is 14.7. The molecule has 1 aromatic carbocycles. The standard InChI is InChI=1S/C18H24FN2OSi/c1-18(2,3)17(22-23(4)5)16-13(7-6-8-14(16)19)12-9-10-15(20)21-11-12/h6-11,17H,1-5H3,(H2,20,21). The highest BCUT2D eigenvalue weighted by molar-refractivity contribution is 6.48. The van der Waals surface area contributed by atoms with Crippen LogP contribution in [0.5, 0.6) is 0 Å². The Bertz CT molecular complexity index is 666. The number of hydrogen-bond donors (Lipinski definition) is 1. The summed E-state index contributed by atoms with van der Waals surface area (Å²) in [5.41, 5.74) is 7.68. The largest absolute Gasteiger partial charge is 0.410 e. The van der Waals surface area contributed by atoms with E-state index in [-0.39, 0.29) is 17.3 Å². The number of halogens is 1. The molecule has 1 aromatic heterocycles. The van der Waals surface area contributed by atoms with Crippen LogP contribution in [-0.4, -0.2) is 14.0 Å². The molecule has 1 radical (unpaired) electrons. The lowest BCUT2D eigenvalue weighted by molar-refractivity contribution is 0.0837. The second kappa shape index (κ2) is 6.80. The minimum absolute atomic E-state index is 0.222. The van der Waals surface area contributed by atoms with Gasteiger partial charge in [0, 0.05) is 17.3 Å². The first-order valence-electron chi connectivity index (χ1n) is 7.67. The normalized spacial score (nSPS) is 13.3. The van der Waals surface area contributed by atoms with Gasteiger partial charge in [-0.1, -0.05) is 32.9 Å². The third kappa shape index (κ3) is 4.18. The van der Waals surface area contributed by atoms with Crippen LogP contribution >= 0.6 is 0 Å². The lowest BCUT2D eigenvalue weighted by atomic mass is 9.81. The molecule has 2 N–H and O–H groups in total. The molecule has 1 atom stereocenters. The van der Waals surface area contributed by atoms with Crippen LogP contribution in [-0.2, 0) is 4.43 Å². The quantitative estimate of drug-likeness (QED) is 0.817. The van der Waals surface area contributed by atoms with E-state index in [2.05, 4.69) is 38.8 Å². The molecule has 123 valence electrons. The van der Waals surface area contributed by atoms with E-state index in [0.717, 1.165) is 11.1 Å². The highest BCUT2D eigenvalue weighted by Gasteiger charge is 2.32. The van der Waals surface area contributed by atoms with Crippen molar-refractivity contribution in [2.45, 2.75) is 40.0 Å². The summed E-state index contributed by atoms with van der Waals surface area (Å²) < 4.78 is 20.9. The molecular formula is C18H24FN2OSi. The maximum Gasteiger partial charge on any atom is 0.205 e. The fourth-order valence-electron chi connectivity index (χ4n) is 2.52. The van der Waals surface area contributed by atoms with Crippen LogP contribution in [0.15, 0.2) is 36.5 Å². The molecule has 23 heavy (non-hydrogen) atoms. The van der Waals surface area contributed by atoms with Crippen molar-refractivity contribution < 1.29 is 8.82 Å². The molecule has 5 heteroatoms. The molecule has 3 nitrogen and oxygen atoms in total. The zero-order valence-corrected chi connectivity index (χ0v) is 15.4. The predicted molar refractivity (Wildman–Crippen MR) is 94.8 cm³/mol. The summed E-state index contributed by atoms with van der Waals surface area (Å²) in [7, 11) is -0.986. The molecule has 0 aliphatic rings. The Hall–Kier alpha value is -1.72. The van der Waals surface area contributed by atoms with Gasteiger partial charge in [-0.05, 0) is 42.3 Å². The van der Waals surface area contributed by atoms with Crippen LogP contribution in [0.1, 0.15) is 32.4 Å². The van der Waals surface area contributed by atoms with E-state index in [1.54, 1.807) is 18.3 Å². The van der Waals surface area contributed by atoms with Gasteiger partial charge in [0.2, 0.25) is 9.04 Å². The summed E-state index contributed by atoms with van der Waals surface area (Å²) in [5.74, 6) is 0.199. The zero-order chi connectivity index (χ0) is 17.2. The van der Waals surface area contributed by atoms with E-state index in [1.165, 1.54) is 6.07 Å². The van der Waals surface area contributed by atoms with Crippen LogP contribution < -0.4 is 5.73 Å². The summed E-state index contributed by atoms with van der Waals surface area (Å²) in [6.07, 6.45) is 1.36. The van der Waals surface area contributed by atoms with Gasteiger partial charge in [-0.3, -0.25) is 0 Å². The van der Waals surface area contributed by atoms with Crippen molar-refractivity contribution in [2.75, 3.05) is 5.73 Å². The summed E-state index contributed by atoms with van der Waals surface area (Å²) in [6, 6.07) is 8.71. The van der Waals surface area contributed by atoms with Crippen molar-refractivity contribution in [1.29, 1.82) is 0 Å². The van der Waals surface area contributed by atoms with E-state index < -0.39 is 9.04 Å². The van der Waals surface area contributed by atoms with Crippen LogP contribution in [0.4, 0.5) is 10.2 Å². The number of benzene rings is 1. The van der Waals surface area contributed by atoms with Gasteiger partial charge in [-0.15, -0.1) is 0 Å². The fraction of sp³-hybridized carbons (Fsp3) is 0.389. The maximum atomic E-state index is 14.7. The van der Waals surface area contributed by atoms with Crippen LogP contribution in [0.2, 0.25) is 13.1 Å². The molecule has 0 bridgehead atoms. The summed E-state index contributed by atoms with van der Waals surface area (Å²) in [6.45, 7) is 10.3. The molecule has 0 aliphatic heterocycles. The van der Waals surface area contributed by atoms with Crippen LogP contribution in [0.25, 0.3) is 11.1 Å². The highest BCUT2D eigenvalue weighted by Crippen LogP contribution is 2.42. The van der Waals surface area contributed by atoms with E-state index in [9.17, 15) is 4.39 Å². The summed E-state index contributed by atoms with van der Waals surface area (Å²) in [5, 5.41) is 0. The van der Waals surface area contributed by atoms with Crippen LogP contribution in [0.3, 0.4) is 0 Å². The molecule has 0 spiro atoms. The monoisotopic (exact) mass is 331 g/mol. The highest BCUT2D eigenvalue weighted by atomic mass is 28.3. The van der Waals surface area contributed by atoms with Gasteiger partial charge in [0.1, 0.15) is 11.6 Å². The number of nitrogens with two attached hydrogens (primary N) is 1. The molecule has 2 rings (SSSR count). The summed E-state index contributed by atoms with van der Waals surface area (Å²) in [4.78, 5) is 4.13. The first-order chi connectivity index (χ1) is 10.7. The Balaban J connectivity index is 2.62. The Morgan fingerprint density at radius 2 is 1.87 bits per heavy atom. The Morgan fingerprint density at radius 1 is 1.17 bits per heavy atom. The van der Waals surface area contributed by atoms with Crippen molar-refractivity contribution in [1.82, 2.24) is 4.98 Å². The third-order valence-corrected chi connectivity index (χ3v) is 4.26. The van der Waals surface area contributed by atoms with Crippen LogP contribution in [0, 0.1) is 11.2 Å². The Labute approximate surface area is 139 Å². The molecule has 0 saturated carbocycles. The number of nitrogens with zero attached hydrogens (tertiary/aromatic N) is 1. The topological polar surface area (TPSA) is 48.1 Å². The van der Waals surface area contributed by atoms with Gasteiger partial charge in [-0.25, -0.2) is 9.37 Å². The van der Waals surface area contributed by atoms with E-state index in [1.807, 2.05) is 12.1 Å². The second-order valence-corrected chi connectivity index (χ2v) is 9.00. The lowest BCUT2D eigenvalue weighted by Crippen LogP contribution is -2.27. The van der Waals surface area contributed by atoms with Gasteiger partial charge in [-0.2, -0.15) is 0 Å². The van der Waals surface area contributed by atoms with E-state index in [0.29, 0.717) is 11.4 Å². The van der Waals surface area contributed by atoms with E-state index >= 15 is 0 Å². The second-order valence-electron chi connectivity index (χ2n) is 6.94.